The summed E-state index contributed by atoms with van der Waals surface area (Å²) in [6, 6.07) is 20.6. The molecule has 5 rings (SSSR count). The molecule has 0 atom stereocenters. The molecule has 3 heterocycles. The van der Waals surface area contributed by atoms with E-state index in [1.165, 1.54) is 10.6 Å². The number of nitrogens with zero attached hydrogens (tertiary/aromatic N) is 3. The van der Waals surface area contributed by atoms with Crippen molar-refractivity contribution in [1.82, 2.24) is 9.47 Å². The van der Waals surface area contributed by atoms with Crippen molar-refractivity contribution in [2.75, 3.05) is 37.7 Å². The summed E-state index contributed by atoms with van der Waals surface area (Å²) in [7, 11) is 0. The molecule has 6 nitrogen and oxygen atoms in total. The third kappa shape index (κ3) is 4.92. The Labute approximate surface area is 210 Å². The first kappa shape index (κ1) is 23.5. The summed E-state index contributed by atoms with van der Waals surface area (Å²) in [5.41, 5.74) is 6.46. The summed E-state index contributed by atoms with van der Waals surface area (Å²) in [6.07, 6.45) is 2.51. The highest BCUT2D eigenvalue weighted by Crippen LogP contribution is 2.34. The standard InChI is InChI=1S/C28H29N3O3S/c1-20-18-23(19-26-27(32)30(28(33)35-26)13-12-22-6-4-3-5-7-22)21(2)31(20)25-10-8-24(9-11-25)29-14-16-34-17-15-29/h3-11,18-19H,12-17H2,1-2H3/b26-19-. The van der Waals surface area contributed by atoms with E-state index in [-0.39, 0.29) is 11.1 Å². The number of carbonyl (C=O) groups excluding carboxylic acids is 2. The van der Waals surface area contributed by atoms with Crippen molar-refractivity contribution in [3.8, 4) is 5.69 Å². The van der Waals surface area contributed by atoms with Crippen molar-refractivity contribution in [3.63, 3.8) is 0 Å². The Bertz CT molecular complexity index is 1260. The van der Waals surface area contributed by atoms with Crippen LogP contribution in [0.4, 0.5) is 10.5 Å². The molecule has 180 valence electrons. The molecule has 3 aromatic rings. The maximum absolute atomic E-state index is 13.0. The topological polar surface area (TPSA) is 54.8 Å². The molecule has 0 saturated carbocycles. The largest absolute Gasteiger partial charge is 0.378 e. The molecule has 0 spiro atoms. The molecule has 1 aromatic heterocycles. The van der Waals surface area contributed by atoms with E-state index in [0.717, 1.165) is 66.3 Å². The van der Waals surface area contributed by atoms with Gasteiger partial charge in [0.15, 0.2) is 0 Å². The summed E-state index contributed by atoms with van der Waals surface area (Å²) in [5, 5.41) is -0.204. The van der Waals surface area contributed by atoms with Crippen molar-refractivity contribution < 1.29 is 14.3 Å². The number of hydrogen-bond donors (Lipinski definition) is 0. The number of aromatic nitrogens is 1. The Hall–Kier alpha value is -3.29. The molecule has 0 radical (unpaired) electrons. The van der Waals surface area contributed by atoms with Crippen LogP contribution in [-0.4, -0.2) is 53.5 Å². The van der Waals surface area contributed by atoms with E-state index in [4.69, 9.17) is 4.74 Å². The number of amides is 2. The summed E-state index contributed by atoms with van der Waals surface area (Å²) in [4.78, 5) is 29.7. The van der Waals surface area contributed by atoms with E-state index in [2.05, 4.69) is 46.7 Å². The number of benzene rings is 2. The summed E-state index contributed by atoms with van der Waals surface area (Å²) >= 11 is 1.02. The number of imide groups is 1. The number of aryl methyl sites for hydroxylation is 1. The van der Waals surface area contributed by atoms with E-state index < -0.39 is 0 Å². The fraction of sp³-hybridized carbons (Fsp3) is 0.286. The molecule has 0 bridgehead atoms. The van der Waals surface area contributed by atoms with Crippen LogP contribution in [-0.2, 0) is 16.0 Å². The van der Waals surface area contributed by atoms with Crippen LogP contribution in [0.1, 0.15) is 22.5 Å². The Morgan fingerprint density at radius 1 is 0.943 bits per heavy atom. The molecule has 2 aliphatic rings. The van der Waals surface area contributed by atoms with Crippen LogP contribution in [0.5, 0.6) is 0 Å². The van der Waals surface area contributed by atoms with Crippen LogP contribution in [0.25, 0.3) is 11.8 Å². The molecular formula is C28H29N3O3S. The lowest BCUT2D eigenvalue weighted by Gasteiger charge is -2.29. The van der Waals surface area contributed by atoms with Gasteiger partial charge >= 0.3 is 0 Å². The highest BCUT2D eigenvalue weighted by Gasteiger charge is 2.34. The molecule has 2 fully saturated rings. The number of morpholine rings is 1. The minimum Gasteiger partial charge on any atom is -0.378 e. The maximum Gasteiger partial charge on any atom is 0.293 e. The van der Waals surface area contributed by atoms with Crippen LogP contribution in [0.15, 0.2) is 65.6 Å². The average molecular weight is 488 g/mol. The van der Waals surface area contributed by atoms with Gasteiger partial charge in [0, 0.05) is 42.4 Å². The van der Waals surface area contributed by atoms with Crippen LogP contribution in [0.2, 0.25) is 0 Å². The lowest BCUT2D eigenvalue weighted by atomic mass is 10.1. The molecule has 2 saturated heterocycles. The van der Waals surface area contributed by atoms with Gasteiger partial charge in [-0.3, -0.25) is 14.5 Å². The maximum atomic E-state index is 13.0. The van der Waals surface area contributed by atoms with E-state index in [9.17, 15) is 9.59 Å². The van der Waals surface area contributed by atoms with Gasteiger partial charge in [-0.05, 0) is 79.6 Å². The second-order valence-corrected chi connectivity index (χ2v) is 9.84. The first-order chi connectivity index (χ1) is 17.0. The number of hydrogen-bond acceptors (Lipinski definition) is 5. The van der Waals surface area contributed by atoms with E-state index in [1.54, 1.807) is 0 Å². The first-order valence-corrected chi connectivity index (χ1v) is 12.7. The molecule has 2 aromatic carbocycles. The predicted molar refractivity (Wildman–Crippen MR) is 141 cm³/mol. The summed E-state index contributed by atoms with van der Waals surface area (Å²) < 4.78 is 7.65. The summed E-state index contributed by atoms with van der Waals surface area (Å²) in [5.74, 6) is -0.212. The smallest absolute Gasteiger partial charge is 0.293 e. The quantitative estimate of drug-likeness (QED) is 0.447. The van der Waals surface area contributed by atoms with Gasteiger partial charge in [0.25, 0.3) is 11.1 Å². The van der Waals surface area contributed by atoms with Crippen molar-refractivity contribution >= 4 is 34.7 Å². The number of thioether (sulfide) groups is 1. The Kier molecular flexibility index (Phi) is 6.79. The number of anilines is 1. The number of rotatable bonds is 6. The van der Waals surface area contributed by atoms with Crippen molar-refractivity contribution in [1.29, 1.82) is 0 Å². The van der Waals surface area contributed by atoms with Gasteiger partial charge in [-0.15, -0.1) is 0 Å². The molecule has 35 heavy (non-hydrogen) atoms. The second kappa shape index (κ2) is 10.1. The highest BCUT2D eigenvalue weighted by atomic mass is 32.2. The molecule has 2 aliphatic heterocycles. The van der Waals surface area contributed by atoms with E-state index >= 15 is 0 Å². The molecule has 2 amide bonds. The van der Waals surface area contributed by atoms with Gasteiger partial charge in [-0.1, -0.05) is 30.3 Å². The fourth-order valence-electron chi connectivity index (χ4n) is 4.68. The van der Waals surface area contributed by atoms with Crippen LogP contribution < -0.4 is 4.90 Å². The number of carbonyl (C=O) groups is 2. The SMILES string of the molecule is Cc1cc(/C=C2\SC(=O)N(CCc3ccccc3)C2=O)c(C)n1-c1ccc(N2CCOCC2)cc1. The zero-order valence-electron chi connectivity index (χ0n) is 20.1. The van der Waals surface area contributed by atoms with Crippen molar-refractivity contribution in [2.24, 2.45) is 0 Å². The van der Waals surface area contributed by atoms with Crippen LogP contribution in [0.3, 0.4) is 0 Å². The van der Waals surface area contributed by atoms with E-state index in [0.29, 0.717) is 17.9 Å². The van der Waals surface area contributed by atoms with Crippen molar-refractivity contribution in [2.45, 2.75) is 20.3 Å². The Morgan fingerprint density at radius 2 is 1.63 bits per heavy atom. The zero-order chi connectivity index (χ0) is 24.4. The Balaban J connectivity index is 1.33. The molecule has 0 unspecified atom stereocenters. The minimum atomic E-state index is -0.212. The third-order valence-corrected chi connectivity index (χ3v) is 7.49. The Morgan fingerprint density at radius 3 is 2.34 bits per heavy atom. The predicted octanol–water partition coefficient (Wildman–Crippen LogP) is 5.21. The molecule has 0 N–H and O–H groups in total. The van der Waals surface area contributed by atoms with Gasteiger partial charge in [-0.25, -0.2) is 0 Å². The van der Waals surface area contributed by atoms with Crippen LogP contribution >= 0.6 is 11.8 Å². The minimum absolute atomic E-state index is 0.204. The van der Waals surface area contributed by atoms with Gasteiger partial charge in [0.1, 0.15) is 0 Å². The van der Waals surface area contributed by atoms with Gasteiger partial charge in [0.05, 0.1) is 18.1 Å². The summed E-state index contributed by atoms with van der Waals surface area (Å²) in [6.45, 7) is 7.84. The monoisotopic (exact) mass is 487 g/mol. The van der Waals surface area contributed by atoms with Gasteiger partial charge in [-0.2, -0.15) is 0 Å². The molecule has 7 heteroatoms. The normalized spacial score (nSPS) is 17.6. The lowest BCUT2D eigenvalue weighted by Crippen LogP contribution is -2.36. The number of ether oxygens (including phenoxy) is 1. The van der Waals surface area contributed by atoms with Gasteiger partial charge in [0.2, 0.25) is 0 Å². The van der Waals surface area contributed by atoms with Crippen molar-refractivity contribution in [3.05, 3.63) is 88.1 Å². The molecule has 0 aliphatic carbocycles. The average Bonchev–Trinajstić information content (AvgIpc) is 3.32. The first-order valence-electron chi connectivity index (χ1n) is 11.9. The fourth-order valence-corrected chi connectivity index (χ4v) is 5.54. The van der Waals surface area contributed by atoms with E-state index in [1.807, 2.05) is 43.3 Å². The third-order valence-electron chi connectivity index (χ3n) is 6.58. The zero-order valence-corrected chi connectivity index (χ0v) is 20.9. The van der Waals surface area contributed by atoms with Crippen LogP contribution in [0, 0.1) is 13.8 Å². The highest BCUT2D eigenvalue weighted by molar-refractivity contribution is 8.18. The molecular weight excluding hydrogens is 458 g/mol. The van der Waals surface area contributed by atoms with Gasteiger partial charge < -0.3 is 14.2 Å². The second-order valence-electron chi connectivity index (χ2n) is 8.85. The lowest BCUT2D eigenvalue weighted by molar-refractivity contribution is -0.122.